The molecule has 3 aromatic rings. The summed E-state index contributed by atoms with van der Waals surface area (Å²) in [5.41, 5.74) is 3.49. The summed E-state index contributed by atoms with van der Waals surface area (Å²) in [4.78, 5) is 1.52. The summed E-state index contributed by atoms with van der Waals surface area (Å²) in [6.07, 6.45) is 1.02. The number of hydrogen-bond acceptors (Lipinski definition) is 3. The van der Waals surface area contributed by atoms with Crippen LogP contribution in [0.3, 0.4) is 0 Å². The first-order valence-electron chi connectivity index (χ1n) is 8.42. The van der Waals surface area contributed by atoms with E-state index in [9.17, 15) is 5.11 Å². The van der Waals surface area contributed by atoms with Gasteiger partial charge in [0.1, 0.15) is 16.7 Å². The summed E-state index contributed by atoms with van der Waals surface area (Å²) in [7, 11) is 0. The van der Waals surface area contributed by atoms with Gasteiger partial charge < -0.3 is 5.11 Å². The molecule has 0 saturated heterocycles. The van der Waals surface area contributed by atoms with Gasteiger partial charge in [-0.05, 0) is 63.0 Å². The van der Waals surface area contributed by atoms with Crippen molar-refractivity contribution in [3.63, 3.8) is 0 Å². The highest BCUT2D eigenvalue weighted by atomic mass is 79.9. The zero-order chi connectivity index (χ0) is 18.4. The minimum Gasteiger partial charge on any atom is -0.505 e. The molecule has 5 heteroatoms. The predicted octanol–water partition coefficient (Wildman–Crippen LogP) is 5.60. The van der Waals surface area contributed by atoms with Gasteiger partial charge in [0.2, 0.25) is 0 Å². The SMILES string of the molecule is CC(C)(C)CC(C)(C)c1cc(Br)c(O)c(-n2nc3ccccc3n2)c1. The molecule has 25 heavy (non-hydrogen) atoms. The molecule has 1 heterocycles. The lowest BCUT2D eigenvalue weighted by atomic mass is 9.72. The maximum absolute atomic E-state index is 10.6. The number of benzene rings is 2. The average Bonchev–Trinajstić information content (AvgIpc) is 2.90. The van der Waals surface area contributed by atoms with Crippen LogP contribution < -0.4 is 0 Å². The molecule has 0 unspecified atom stereocenters. The molecule has 0 spiro atoms. The van der Waals surface area contributed by atoms with Crippen molar-refractivity contribution in [2.24, 2.45) is 5.41 Å². The van der Waals surface area contributed by atoms with Gasteiger partial charge in [0.05, 0.1) is 4.47 Å². The molecule has 0 aliphatic carbocycles. The van der Waals surface area contributed by atoms with Crippen LogP contribution in [-0.4, -0.2) is 20.1 Å². The fourth-order valence-corrected chi connectivity index (χ4v) is 3.97. The number of halogens is 1. The first-order valence-corrected chi connectivity index (χ1v) is 9.22. The van der Waals surface area contributed by atoms with E-state index in [4.69, 9.17) is 0 Å². The van der Waals surface area contributed by atoms with Gasteiger partial charge in [-0.25, -0.2) is 0 Å². The van der Waals surface area contributed by atoms with Crippen LogP contribution in [0.4, 0.5) is 0 Å². The van der Waals surface area contributed by atoms with Gasteiger partial charge in [0.25, 0.3) is 0 Å². The van der Waals surface area contributed by atoms with Crippen molar-refractivity contribution < 1.29 is 5.11 Å². The van der Waals surface area contributed by atoms with Crippen LogP contribution >= 0.6 is 15.9 Å². The maximum atomic E-state index is 10.6. The number of aromatic hydroxyl groups is 1. The normalized spacial score (nSPS) is 12.7. The van der Waals surface area contributed by atoms with Crippen LogP contribution in [0.5, 0.6) is 5.75 Å². The minimum atomic E-state index is -0.0458. The smallest absolute Gasteiger partial charge is 0.157 e. The Labute approximate surface area is 157 Å². The first-order chi connectivity index (χ1) is 11.6. The Kier molecular flexibility index (Phi) is 4.40. The van der Waals surface area contributed by atoms with Crippen LogP contribution in [0.15, 0.2) is 40.9 Å². The van der Waals surface area contributed by atoms with Gasteiger partial charge in [-0.2, -0.15) is 0 Å². The number of phenols is 1. The lowest BCUT2D eigenvalue weighted by Gasteiger charge is -2.33. The lowest BCUT2D eigenvalue weighted by molar-refractivity contribution is 0.284. The number of hydrogen-bond donors (Lipinski definition) is 1. The van der Waals surface area contributed by atoms with E-state index in [1.165, 1.54) is 4.80 Å². The van der Waals surface area contributed by atoms with Gasteiger partial charge in [-0.3, -0.25) is 0 Å². The summed E-state index contributed by atoms with van der Waals surface area (Å²) in [5, 5.41) is 19.6. The molecule has 0 fully saturated rings. The average molecular weight is 402 g/mol. The van der Waals surface area contributed by atoms with E-state index in [1.807, 2.05) is 36.4 Å². The maximum Gasteiger partial charge on any atom is 0.157 e. The molecule has 1 N–H and O–H groups in total. The second-order valence-corrected chi connectivity index (χ2v) is 9.28. The highest BCUT2D eigenvalue weighted by molar-refractivity contribution is 9.10. The van der Waals surface area contributed by atoms with Crippen molar-refractivity contribution in [1.82, 2.24) is 15.0 Å². The molecule has 4 nitrogen and oxygen atoms in total. The van der Waals surface area contributed by atoms with Crippen molar-refractivity contribution in [3.05, 3.63) is 46.4 Å². The van der Waals surface area contributed by atoms with E-state index in [0.29, 0.717) is 10.2 Å². The van der Waals surface area contributed by atoms with Crippen LogP contribution in [0, 0.1) is 5.41 Å². The summed E-state index contributed by atoms with van der Waals surface area (Å²) in [6, 6.07) is 11.7. The van der Waals surface area contributed by atoms with Crippen molar-refractivity contribution >= 4 is 27.0 Å². The Hall–Kier alpha value is -1.88. The molecule has 1 aromatic heterocycles. The summed E-state index contributed by atoms with van der Waals surface area (Å²) in [6.45, 7) is 11.2. The van der Waals surface area contributed by atoms with Gasteiger partial charge in [-0.15, -0.1) is 15.0 Å². The van der Waals surface area contributed by atoms with E-state index in [-0.39, 0.29) is 16.6 Å². The van der Waals surface area contributed by atoms with Crippen molar-refractivity contribution in [3.8, 4) is 11.4 Å². The topological polar surface area (TPSA) is 50.9 Å². The standard InChI is InChI=1S/C20H24BrN3O/c1-19(2,3)12-20(4,5)13-10-14(21)18(25)17(11-13)24-22-15-8-6-7-9-16(15)23-24/h6-11,25H,12H2,1-5H3. The van der Waals surface area contributed by atoms with E-state index < -0.39 is 0 Å². The summed E-state index contributed by atoms with van der Waals surface area (Å²) >= 11 is 3.49. The molecule has 0 amide bonds. The minimum absolute atomic E-state index is 0.0458. The van der Waals surface area contributed by atoms with Crippen molar-refractivity contribution in [2.45, 2.75) is 46.5 Å². The van der Waals surface area contributed by atoms with Gasteiger partial charge in [0.15, 0.2) is 5.75 Å². The third kappa shape index (κ3) is 3.71. The Bertz CT molecular complexity index is 889. The second kappa shape index (κ2) is 6.13. The molecule has 0 aliphatic rings. The quantitative estimate of drug-likeness (QED) is 0.620. The molecule has 132 valence electrons. The van der Waals surface area contributed by atoms with E-state index in [0.717, 1.165) is 23.0 Å². The van der Waals surface area contributed by atoms with E-state index in [1.54, 1.807) is 0 Å². The zero-order valence-corrected chi connectivity index (χ0v) is 16.9. The highest BCUT2D eigenvalue weighted by Gasteiger charge is 2.29. The fraction of sp³-hybridized carbons (Fsp3) is 0.400. The highest BCUT2D eigenvalue weighted by Crippen LogP contribution is 2.41. The predicted molar refractivity (Wildman–Crippen MR) is 105 cm³/mol. The molecule has 0 radical (unpaired) electrons. The number of fused-ring (bicyclic) bond motifs is 1. The van der Waals surface area contributed by atoms with Crippen LogP contribution in [0.1, 0.15) is 46.6 Å². The third-order valence-electron chi connectivity index (χ3n) is 4.30. The van der Waals surface area contributed by atoms with Crippen LogP contribution in [0.25, 0.3) is 16.7 Å². The zero-order valence-electron chi connectivity index (χ0n) is 15.3. The lowest BCUT2D eigenvalue weighted by Crippen LogP contribution is -2.25. The molecule has 3 rings (SSSR count). The Morgan fingerprint density at radius 3 is 2.08 bits per heavy atom. The van der Waals surface area contributed by atoms with Crippen molar-refractivity contribution in [2.75, 3.05) is 0 Å². The van der Waals surface area contributed by atoms with Crippen molar-refractivity contribution in [1.29, 1.82) is 0 Å². The molecular weight excluding hydrogens is 378 g/mol. The Morgan fingerprint density at radius 1 is 1.00 bits per heavy atom. The summed E-state index contributed by atoms with van der Waals surface area (Å²) in [5.74, 6) is 0.149. The fourth-order valence-electron chi connectivity index (χ4n) is 3.52. The summed E-state index contributed by atoms with van der Waals surface area (Å²) < 4.78 is 0.656. The number of phenolic OH excluding ortho intramolecular Hbond substituents is 1. The molecule has 0 saturated carbocycles. The Balaban J connectivity index is 2.13. The molecule has 0 atom stereocenters. The number of rotatable bonds is 3. The molecule has 2 aromatic carbocycles. The number of aromatic nitrogens is 3. The second-order valence-electron chi connectivity index (χ2n) is 8.43. The van der Waals surface area contributed by atoms with Crippen LogP contribution in [-0.2, 0) is 5.41 Å². The first kappa shape index (κ1) is 17.9. The van der Waals surface area contributed by atoms with Gasteiger partial charge >= 0.3 is 0 Å². The number of nitrogens with zero attached hydrogens (tertiary/aromatic N) is 3. The largest absolute Gasteiger partial charge is 0.505 e. The van der Waals surface area contributed by atoms with E-state index >= 15 is 0 Å². The Morgan fingerprint density at radius 2 is 1.56 bits per heavy atom. The van der Waals surface area contributed by atoms with Crippen LogP contribution in [0.2, 0.25) is 0 Å². The van der Waals surface area contributed by atoms with Gasteiger partial charge in [-0.1, -0.05) is 46.8 Å². The molecular formula is C20H24BrN3O. The third-order valence-corrected chi connectivity index (χ3v) is 4.90. The monoisotopic (exact) mass is 401 g/mol. The van der Waals surface area contributed by atoms with Gasteiger partial charge in [0, 0.05) is 0 Å². The molecule has 0 bridgehead atoms. The molecule has 0 aliphatic heterocycles. The van der Waals surface area contributed by atoms with E-state index in [2.05, 4.69) is 60.7 Å².